The van der Waals surface area contributed by atoms with Crippen LogP contribution in [0, 0.1) is 29.1 Å². The molecule has 3 aliphatic heterocycles. The van der Waals surface area contributed by atoms with E-state index in [4.69, 9.17) is 14.2 Å². The van der Waals surface area contributed by atoms with Gasteiger partial charge in [0.15, 0.2) is 11.4 Å². The normalized spacial score (nSPS) is 54.2. The van der Waals surface area contributed by atoms with Gasteiger partial charge in [-0.2, -0.15) is 0 Å². The Labute approximate surface area is 158 Å². The molecule has 0 bridgehead atoms. The number of esters is 1. The Morgan fingerprint density at radius 1 is 1.11 bits per heavy atom. The number of carbonyl (C=O) groups is 2. The highest BCUT2D eigenvalue weighted by molar-refractivity contribution is 5.98. The lowest BCUT2D eigenvalue weighted by Gasteiger charge is -2.53. The molecule has 6 rings (SSSR count). The SMILES string of the molecule is CC(C)[C@@H]1C[C@@H]2OC23[C@@]2(C)C[C@@H](C)C4=C(COC4=O)[C@@H]2CC2O[C@@]23C1=O.O. The molecule has 2 unspecified atom stereocenters. The average Bonchev–Trinajstić information content (AvgIpc) is 3.44. The van der Waals surface area contributed by atoms with Gasteiger partial charge in [-0.15, -0.1) is 0 Å². The van der Waals surface area contributed by atoms with Crippen molar-refractivity contribution in [3.8, 4) is 0 Å². The maximum atomic E-state index is 13.5. The van der Waals surface area contributed by atoms with Gasteiger partial charge in [0.2, 0.25) is 0 Å². The summed E-state index contributed by atoms with van der Waals surface area (Å²) < 4.78 is 18.1. The second-order valence-electron chi connectivity index (χ2n) is 9.96. The second-order valence-corrected chi connectivity index (χ2v) is 9.96. The van der Waals surface area contributed by atoms with Gasteiger partial charge in [0.25, 0.3) is 0 Å². The van der Waals surface area contributed by atoms with Crippen LogP contribution < -0.4 is 0 Å². The number of cyclic esters (lactones) is 1. The molecule has 2 saturated carbocycles. The van der Waals surface area contributed by atoms with E-state index in [9.17, 15) is 9.59 Å². The quantitative estimate of drug-likeness (QED) is 0.511. The van der Waals surface area contributed by atoms with E-state index >= 15 is 0 Å². The van der Waals surface area contributed by atoms with Crippen molar-refractivity contribution in [2.24, 2.45) is 29.1 Å². The lowest BCUT2D eigenvalue weighted by atomic mass is 9.46. The molecular formula is C21H28O6. The zero-order valence-corrected chi connectivity index (χ0v) is 16.3. The fourth-order valence-electron chi connectivity index (χ4n) is 7.50. The smallest absolute Gasteiger partial charge is 0.334 e. The molecule has 6 heteroatoms. The number of Topliss-reactive ketones (excluding diaryl/α,β-unsaturated/α-hetero) is 1. The first kappa shape index (κ1) is 17.8. The van der Waals surface area contributed by atoms with Gasteiger partial charge in [0.1, 0.15) is 12.2 Å². The van der Waals surface area contributed by atoms with E-state index in [1.165, 1.54) is 0 Å². The van der Waals surface area contributed by atoms with Gasteiger partial charge in [-0.25, -0.2) is 4.79 Å². The van der Waals surface area contributed by atoms with Crippen molar-refractivity contribution in [3.63, 3.8) is 0 Å². The minimum absolute atomic E-state index is 0. The van der Waals surface area contributed by atoms with Crippen molar-refractivity contribution in [1.29, 1.82) is 0 Å². The van der Waals surface area contributed by atoms with Crippen molar-refractivity contribution in [2.45, 2.75) is 70.4 Å². The number of epoxide rings is 2. The van der Waals surface area contributed by atoms with E-state index in [2.05, 4.69) is 27.7 Å². The molecule has 8 atom stereocenters. The van der Waals surface area contributed by atoms with Crippen molar-refractivity contribution >= 4 is 11.8 Å². The Hall–Kier alpha value is -1.24. The molecule has 2 saturated heterocycles. The summed E-state index contributed by atoms with van der Waals surface area (Å²) in [6, 6.07) is 0. The van der Waals surface area contributed by atoms with Crippen molar-refractivity contribution < 1.29 is 29.3 Å². The molecule has 2 spiro atoms. The Morgan fingerprint density at radius 3 is 2.56 bits per heavy atom. The Bertz CT molecular complexity index is 800. The molecule has 6 aliphatic rings. The highest BCUT2D eigenvalue weighted by atomic mass is 16.7. The maximum absolute atomic E-state index is 13.5. The highest BCUT2D eigenvalue weighted by Gasteiger charge is 2.93. The average molecular weight is 376 g/mol. The third-order valence-corrected chi connectivity index (χ3v) is 8.61. The van der Waals surface area contributed by atoms with Crippen LogP contribution in [-0.2, 0) is 23.8 Å². The fraction of sp³-hybridized carbons (Fsp3) is 0.810. The molecule has 3 heterocycles. The molecule has 0 aromatic carbocycles. The van der Waals surface area contributed by atoms with Gasteiger partial charge in [-0.1, -0.05) is 27.7 Å². The van der Waals surface area contributed by atoms with Crippen LogP contribution >= 0.6 is 0 Å². The summed E-state index contributed by atoms with van der Waals surface area (Å²) >= 11 is 0. The van der Waals surface area contributed by atoms with Gasteiger partial charge in [-0.3, -0.25) is 4.79 Å². The van der Waals surface area contributed by atoms with Crippen LogP contribution in [0.15, 0.2) is 11.1 Å². The summed E-state index contributed by atoms with van der Waals surface area (Å²) in [5.74, 6) is 0.841. The third-order valence-electron chi connectivity index (χ3n) is 8.61. The van der Waals surface area contributed by atoms with Crippen LogP contribution in [0.2, 0.25) is 0 Å². The number of fused-ring (bicyclic) bond motifs is 2. The van der Waals surface area contributed by atoms with Crippen LogP contribution in [-0.4, -0.2) is 47.2 Å². The van der Waals surface area contributed by atoms with E-state index < -0.39 is 11.2 Å². The third kappa shape index (κ3) is 1.63. The van der Waals surface area contributed by atoms with Crippen molar-refractivity contribution in [3.05, 3.63) is 11.1 Å². The van der Waals surface area contributed by atoms with E-state index in [1.54, 1.807) is 0 Å². The number of hydrogen-bond donors (Lipinski definition) is 0. The van der Waals surface area contributed by atoms with Crippen molar-refractivity contribution in [1.82, 2.24) is 0 Å². The van der Waals surface area contributed by atoms with E-state index in [-0.39, 0.29) is 52.6 Å². The zero-order chi connectivity index (χ0) is 18.2. The highest BCUT2D eigenvalue weighted by Crippen LogP contribution is 2.78. The minimum Gasteiger partial charge on any atom is -0.458 e. The van der Waals surface area contributed by atoms with Gasteiger partial charge in [-0.05, 0) is 42.6 Å². The summed E-state index contributed by atoms with van der Waals surface area (Å²) in [5, 5.41) is 0. The summed E-state index contributed by atoms with van der Waals surface area (Å²) in [7, 11) is 0. The largest absolute Gasteiger partial charge is 0.458 e. The minimum atomic E-state index is -0.725. The number of ketones is 1. The Morgan fingerprint density at radius 2 is 1.85 bits per heavy atom. The Balaban J connectivity index is 0.00000160. The van der Waals surface area contributed by atoms with Crippen LogP contribution in [0.4, 0.5) is 0 Å². The molecule has 0 radical (unpaired) electrons. The summed E-state index contributed by atoms with van der Waals surface area (Å²) in [5.41, 5.74) is 0.652. The predicted octanol–water partition coefficient (Wildman–Crippen LogP) is 1.60. The summed E-state index contributed by atoms with van der Waals surface area (Å²) in [6.45, 7) is 9.05. The lowest BCUT2D eigenvalue weighted by Crippen LogP contribution is -2.65. The summed E-state index contributed by atoms with van der Waals surface area (Å²) in [6.07, 6.45) is 2.54. The zero-order valence-electron chi connectivity index (χ0n) is 16.3. The molecule has 6 nitrogen and oxygen atoms in total. The Kier molecular flexibility index (Phi) is 3.19. The van der Waals surface area contributed by atoms with Gasteiger partial charge in [0, 0.05) is 16.9 Å². The molecule has 2 N–H and O–H groups in total. The number of carbonyl (C=O) groups excluding carboxylic acids is 2. The maximum Gasteiger partial charge on any atom is 0.334 e. The van der Waals surface area contributed by atoms with Gasteiger partial charge in [0.05, 0.1) is 12.2 Å². The molecule has 0 aromatic heterocycles. The molecule has 27 heavy (non-hydrogen) atoms. The number of ether oxygens (including phenoxy) is 3. The first-order valence-electron chi connectivity index (χ1n) is 10.1. The molecule has 148 valence electrons. The standard InChI is InChI=1S/C21H26O5.H2O/c1-9(2)11-5-15-21(26-15)19(4)7-10(3)16-12(8-24-18(16)23)13(19)6-14-20(21,25-14)17(11)22;/h9-11,13-15H,5-8H2,1-4H3;1H2/t10-,11+,13+,14?,15+,19+,20-,21?;/m1./s1. The first-order chi connectivity index (χ1) is 12.3. The molecule has 0 amide bonds. The monoisotopic (exact) mass is 376 g/mol. The topological polar surface area (TPSA) is 99.9 Å². The first-order valence-corrected chi connectivity index (χ1v) is 10.1. The van der Waals surface area contributed by atoms with Gasteiger partial charge < -0.3 is 19.7 Å². The molecular weight excluding hydrogens is 348 g/mol. The van der Waals surface area contributed by atoms with Crippen LogP contribution in [0.5, 0.6) is 0 Å². The molecule has 0 aromatic rings. The number of hydrogen-bond acceptors (Lipinski definition) is 5. The molecule has 4 fully saturated rings. The van der Waals surface area contributed by atoms with E-state index in [1.807, 2.05) is 0 Å². The lowest BCUT2D eigenvalue weighted by molar-refractivity contribution is -0.140. The number of rotatable bonds is 1. The van der Waals surface area contributed by atoms with Crippen molar-refractivity contribution in [2.75, 3.05) is 6.61 Å². The van der Waals surface area contributed by atoms with E-state index in [0.717, 1.165) is 30.4 Å². The fourth-order valence-corrected chi connectivity index (χ4v) is 7.50. The van der Waals surface area contributed by atoms with E-state index in [0.29, 0.717) is 12.5 Å². The summed E-state index contributed by atoms with van der Waals surface area (Å²) in [4.78, 5) is 25.7. The predicted molar refractivity (Wildman–Crippen MR) is 94.8 cm³/mol. The molecule has 3 aliphatic carbocycles. The second kappa shape index (κ2) is 4.84. The van der Waals surface area contributed by atoms with Crippen LogP contribution in [0.3, 0.4) is 0 Å². The van der Waals surface area contributed by atoms with Crippen LogP contribution in [0.1, 0.15) is 47.0 Å². The van der Waals surface area contributed by atoms with Gasteiger partial charge >= 0.3 is 5.97 Å². The van der Waals surface area contributed by atoms with Crippen LogP contribution in [0.25, 0.3) is 0 Å².